The zero-order valence-corrected chi connectivity index (χ0v) is 5.24. The zero-order chi connectivity index (χ0) is 6.69. The van der Waals surface area contributed by atoms with Gasteiger partial charge in [0.2, 0.25) is 5.89 Å². The molecule has 0 radical (unpaired) electrons. The lowest BCUT2D eigenvalue weighted by Crippen LogP contribution is -2.08. The Hall–Kier alpha value is -0.900. The highest BCUT2D eigenvalue weighted by Crippen LogP contribution is 2.07. The van der Waals surface area contributed by atoms with Crippen molar-refractivity contribution in [2.75, 3.05) is 0 Å². The van der Waals surface area contributed by atoms with Crippen molar-refractivity contribution in [3.63, 3.8) is 0 Å². The third-order valence-corrected chi connectivity index (χ3v) is 1.14. The molecule has 0 spiro atoms. The molecule has 0 saturated heterocycles. The van der Waals surface area contributed by atoms with Crippen LogP contribution in [0.5, 0.6) is 0 Å². The molecule has 0 unspecified atom stereocenters. The summed E-state index contributed by atoms with van der Waals surface area (Å²) in [5.41, 5.74) is 5.54. The van der Waals surface area contributed by atoms with Crippen LogP contribution in [0, 0.1) is 0 Å². The lowest BCUT2D eigenvalue weighted by atomic mass is 10.2. The summed E-state index contributed by atoms with van der Waals surface area (Å²) in [6.07, 6.45) is 2.17. The van der Waals surface area contributed by atoms with Crippen LogP contribution in [0.25, 0.3) is 0 Å². The van der Waals surface area contributed by atoms with Crippen molar-refractivity contribution >= 4 is 0 Å². The molecule has 4 nitrogen and oxygen atoms in total. The van der Waals surface area contributed by atoms with Crippen molar-refractivity contribution in [2.45, 2.75) is 19.4 Å². The van der Waals surface area contributed by atoms with Gasteiger partial charge < -0.3 is 10.3 Å². The fourth-order valence-electron chi connectivity index (χ4n) is 0.520. The maximum absolute atomic E-state index is 5.54. The van der Waals surface area contributed by atoms with E-state index in [1.165, 1.54) is 6.33 Å². The molecule has 0 bridgehead atoms. The van der Waals surface area contributed by atoms with Crippen molar-refractivity contribution in [2.24, 2.45) is 5.73 Å². The minimum Gasteiger partial charge on any atom is -0.338 e. The van der Waals surface area contributed by atoms with Crippen LogP contribution in [0.3, 0.4) is 0 Å². The average molecular weight is 127 g/mol. The second-order valence-electron chi connectivity index (χ2n) is 1.79. The molecule has 0 aromatic carbocycles. The summed E-state index contributed by atoms with van der Waals surface area (Å²) < 4.78 is 4.70. The standard InChI is InChI=1S/C5H9N3O/c1-2-4(6)5-7-3-8-9-5/h3-4H,2,6H2,1H3/t4-/m0/s1. The largest absolute Gasteiger partial charge is 0.338 e. The molecule has 2 N–H and O–H groups in total. The van der Waals surface area contributed by atoms with Crippen molar-refractivity contribution in [3.8, 4) is 0 Å². The van der Waals surface area contributed by atoms with Crippen LogP contribution in [-0.2, 0) is 0 Å². The minimum atomic E-state index is -0.104. The monoisotopic (exact) mass is 127 g/mol. The first-order valence-corrected chi connectivity index (χ1v) is 2.86. The topological polar surface area (TPSA) is 64.9 Å². The zero-order valence-electron chi connectivity index (χ0n) is 5.24. The van der Waals surface area contributed by atoms with Crippen LogP contribution in [0.15, 0.2) is 10.9 Å². The maximum Gasteiger partial charge on any atom is 0.243 e. The molecule has 0 fully saturated rings. The van der Waals surface area contributed by atoms with Gasteiger partial charge in [0.25, 0.3) is 0 Å². The van der Waals surface area contributed by atoms with Crippen molar-refractivity contribution < 1.29 is 4.52 Å². The predicted molar refractivity (Wildman–Crippen MR) is 31.5 cm³/mol. The molecule has 4 heteroatoms. The second-order valence-corrected chi connectivity index (χ2v) is 1.79. The molecule has 0 aliphatic rings. The number of hydrogen-bond donors (Lipinski definition) is 1. The molecule has 1 aromatic heterocycles. The molecule has 9 heavy (non-hydrogen) atoms. The number of rotatable bonds is 2. The maximum atomic E-state index is 5.54. The van der Waals surface area contributed by atoms with E-state index >= 15 is 0 Å². The third-order valence-electron chi connectivity index (χ3n) is 1.14. The van der Waals surface area contributed by atoms with Gasteiger partial charge in [-0.3, -0.25) is 0 Å². The molecule has 1 heterocycles. The van der Waals surface area contributed by atoms with Crippen LogP contribution in [0.1, 0.15) is 25.3 Å². The Morgan fingerprint density at radius 2 is 2.67 bits per heavy atom. The minimum absolute atomic E-state index is 0.104. The van der Waals surface area contributed by atoms with E-state index in [9.17, 15) is 0 Å². The highest BCUT2D eigenvalue weighted by molar-refractivity contribution is 4.82. The van der Waals surface area contributed by atoms with Gasteiger partial charge >= 0.3 is 0 Å². The van der Waals surface area contributed by atoms with Gasteiger partial charge in [0.15, 0.2) is 6.33 Å². The lowest BCUT2D eigenvalue weighted by molar-refractivity contribution is 0.351. The van der Waals surface area contributed by atoms with E-state index in [4.69, 9.17) is 10.3 Å². The van der Waals surface area contributed by atoms with Gasteiger partial charge in [0, 0.05) is 0 Å². The molecule has 0 amide bonds. The van der Waals surface area contributed by atoms with E-state index < -0.39 is 0 Å². The van der Waals surface area contributed by atoms with E-state index in [2.05, 4.69) is 10.1 Å². The Morgan fingerprint density at radius 3 is 3.11 bits per heavy atom. The van der Waals surface area contributed by atoms with E-state index in [0.29, 0.717) is 5.89 Å². The molecule has 1 aromatic rings. The Labute approximate surface area is 53.1 Å². The summed E-state index contributed by atoms with van der Waals surface area (Å²) in [5, 5.41) is 3.43. The lowest BCUT2D eigenvalue weighted by Gasteiger charge is -1.98. The van der Waals surface area contributed by atoms with E-state index in [0.717, 1.165) is 6.42 Å². The van der Waals surface area contributed by atoms with Gasteiger partial charge in [-0.1, -0.05) is 12.1 Å². The van der Waals surface area contributed by atoms with Crippen LogP contribution < -0.4 is 5.73 Å². The Balaban J connectivity index is 2.65. The summed E-state index contributed by atoms with van der Waals surface area (Å²) in [6.45, 7) is 1.97. The smallest absolute Gasteiger partial charge is 0.243 e. The second kappa shape index (κ2) is 2.59. The summed E-state index contributed by atoms with van der Waals surface area (Å²) in [7, 11) is 0. The van der Waals surface area contributed by atoms with Crippen LogP contribution in [0.2, 0.25) is 0 Å². The quantitative estimate of drug-likeness (QED) is 0.627. The predicted octanol–water partition coefficient (Wildman–Crippen LogP) is 0.479. The number of nitrogens with two attached hydrogens (primary N) is 1. The first-order chi connectivity index (χ1) is 4.34. The fraction of sp³-hybridized carbons (Fsp3) is 0.600. The molecular formula is C5H9N3O. The van der Waals surface area contributed by atoms with Gasteiger partial charge in [0.1, 0.15) is 0 Å². The third kappa shape index (κ3) is 1.26. The van der Waals surface area contributed by atoms with Gasteiger partial charge in [-0.05, 0) is 6.42 Å². The first kappa shape index (κ1) is 6.22. The van der Waals surface area contributed by atoms with Crippen LogP contribution >= 0.6 is 0 Å². The van der Waals surface area contributed by atoms with Crippen LogP contribution in [-0.4, -0.2) is 10.1 Å². The van der Waals surface area contributed by atoms with Crippen molar-refractivity contribution in [1.29, 1.82) is 0 Å². The average Bonchev–Trinajstić information content (AvgIpc) is 2.37. The molecule has 0 aliphatic carbocycles. The van der Waals surface area contributed by atoms with Gasteiger partial charge in [-0.15, -0.1) is 0 Å². The van der Waals surface area contributed by atoms with E-state index in [-0.39, 0.29) is 6.04 Å². The molecule has 1 atom stereocenters. The fourth-order valence-corrected chi connectivity index (χ4v) is 0.520. The summed E-state index contributed by atoms with van der Waals surface area (Å²) in [6, 6.07) is -0.104. The number of hydrogen-bond acceptors (Lipinski definition) is 4. The Morgan fingerprint density at radius 1 is 1.89 bits per heavy atom. The number of aromatic nitrogens is 2. The van der Waals surface area contributed by atoms with E-state index in [1.807, 2.05) is 6.92 Å². The van der Waals surface area contributed by atoms with Gasteiger partial charge in [-0.2, -0.15) is 4.98 Å². The van der Waals surface area contributed by atoms with Gasteiger partial charge in [-0.25, -0.2) is 0 Å². The SMILES string of the molecule is CC[C@H](N)c1ncno1. The molecular weight excluding hydrogens is 118 g/mol. The number of nitrogens with zero attached hydrogens (tertiary/aromatic N) is 2. The van der Waals surface area contributed by atoms with E-state index in [1.54, 1.807) is 0 Å². The highest BCUT2D eigenvalue weighted by atomic mass is 16.5. The Bertz CT molecular complexity index is 161. The normalized spacial score (nSPS) is 13.6. The molecule has 0 aliphatic heterocycles. The van der Waals surface area contributed by atoms with Crippen LogP contribution in [0.4, 0.5) is 0 Å². The first-order valence-electron chi connectivity index (χ1n) is 2.86. The summed E-state index contributed by atoms with van der Waals surface area (Å²) in [4.78, 5) is 3.78. The Kier molecular flexibility index (Phi) is 1.79. The summed E-state index contributed by atoms with van der Waals surface area (Å²) >= 11 is 0. The summed E-state index contributed by atoms with van der Waals surface area (Å²) in [5.74, 6) is 0.512. The molecule has 50 valence electrons. The van der Waals surface area contributed by atoms with Crippen molar-refractivity contribution in [1.82, 2.24) is 10.1 Å². The highest BCUT2D eigenvalue weighted by Gasteiger charge is 2.07. The van der Waals surface area contributed by atoms with Gasteiger partial charge in [0.05, 0.1) is 6.04 Å². The van der Waals surface area contributed by atoms with Crippen molar-refractivity contribution in [3.05, 3.63) is 12.2 Å². The molecule has 1 rings (SSSR count). The molecule has 0 saturated carbocycles.